The normalized spacial score (nSPS) is 12.8. The molecule has 0 amide bonds. The Morgan fingerprint density at radius 2 is 1.94 bits per heavy atom. The number of ether oxygens (including phenoxy) is 1. The molecule has 0 N–H and O–H groups in total. The molecule has 1 aliphatic heterocycles. The molecule has 4 heterocycles. The van der Waals surface area contributed by atoms with Gasteiger partial charge in [-0.2, -0.15) is 0 Å². The van der Waals surface area contributed by atoms with Crippen LogP contribution in [0.2, 0.25) is 0 Å². The van der Waals surface area contributed by atoms with Crippen molar-refractivity contribution in [1.82, 2.24) is 24.3 Å². The number of carbonyl (C=O) groups excluding carboxylic acids is 1. The van der Waals surface area contributed by atoms with Crippen molar-refractivity contribution in [2.45, 2.75) is 40.0 Å². The van der Waals surface area contributed by atoms with E-state index in [2.05, 4.69) is 19.9 Å². The number of benzene rings is 1. The lowest BCUT2D eigenvalue weighted by atomic mass is 9.99. The zero-order valence-corrected chi connectivity index (χ0v) is 18.1. The smallest absolute Gasteiger partial charge is 0.180 e. The van der Waals surface area contributed by atoms with Crippen molar-refractivity contribution in [3.05, 3.63) is 70.8 Å². The van der Waals surface area contributed by atoms with Gasteiger partial charge in [-0.1, -0.05) is 0 Å². The van der Waals surface area contributed by atoms with Crippen LogP contribution < -0.4 is 4.74 Å². The molecule has 0 saturated heterocycles. The molecule has 0 atom stereocenters. The molecule has 5 rings (SSSR count). The number of hydrogen-bond donors (Lipinski definition) is 0. The maximum atomic E-state index is 14.6. The van der Waals surface area contributed by atoms with Crippen molar-refractivity contribution in [1.29, 1.82) is 0 Å². The van der Waals surface area contributed by atoms with Gasteiger partial charge in [-0.05, 0) is 38.0 Å². The van der Waals surface area contributed by atoms with E-state index in [0.717, 1.165) is 28.1 Å². The highest BCUT2D eigenvalue weighted by Crippen LogP contribution is 2.32. The Balaban J connectivity index is 1.59. The fraction of sp³-hybridized carbons (Fsp3) is 0.292. The Hall–Kier alpha value is -3.68. The van der Waals surface area contributed by atoms with Crippen LogP contribution in [-0.4, -0.2) is 36.7 Å². The molecule has 1 aromatic carbocycles. The molecule has 0 radical (unpaired) electrons. The molecule has 1 aliphatic rings. The van der Waals surface area contributed by atoms with Crippen molar-refractivity contribution in [3.8, 4) is 16.9 Å². The van der Waals surface area contributed by atoms with Crippen LogP contribution in [0.3, 0.4) is 0 Å². The number of fused-ring (bicyclic) bond motifs is 2. The first kappa shape index (κ1) is 20.2. The lowest BCUT2D eigenvalue weighted by Gasteiger charge is -2.13. The van der Waals surface area contributed by atoms with Crippen LogP contribution in [0.4, 0.5) is 4.39 Å². The van der Waals surface area contributed by atoms with Crippen molar-refractivity contribution >= 4 is 11.3 Å². The van der Waals surface area contributed by atoms with Gasteiger partial charge >= 0.3 is 0 Å². The highest BCUT2D eigenvalue weighted by Gasteiger charge is 2.22. The number of halogens is 1. The number of rotatable bonds is 5. The number of ketones is 1. The highest BCUT2D eigenvalue weighted by atomic mass is 19.1. The van der Waals surface area contributed by atoms with E-state index in [1.54, 1.807) is 24.8 Å². The van der Waals surface area contributed by atoms with Gasteiger partial charge in [-0.25, -0.2) is 24.3 Å². The molecule has 3 aromatic heterocycles. The van der Waals surface area contributed by atoms with E-state index in [1.807, 2.05) is 18.2 Å². The van der Waals surface area contributed by atoms with E-state index >= 15 is 0 Å². The molecule has 0 bridgehead atoms. The van der Waals surface area contributed by atoms with Gasteiger partial charge in [0.2, 0.25) is 0 Å². The molecule has 0 aliphatic carbocycles. The fourth-order valence-electron chi connectivity index (χ4n) is 4.37. The maximum Gasteiger partial charge on any atom is 0.180 e. The Morgan fingerprint density at radius 1 is 1.12 bits per heavy atom. The quantitative estimate of drug-likeness (QED) is 0.446. The minimum absolute atomic E-state index is 0.138. The standard InChI is InChI=1S/C24H22FN5O2/c1-13-18(10-26-15(3)29-13)19-11-27-22(30-12-28-23(14(2)31)24(19)30)7-4-16-17-8-9-32-21(17)6-5-20(16)25/h5-6,10-12H,4,7-9H2,1-3H3. The number of hydrogen-bond acceptors (Lipinski definition) is 6. The summed E-state index contributed by atoms with van der Waals surface area (Å²) in [6.07, 6.45) is 6.75. The Morgan fingerprint density at radius 3 is 2.72 bits per heavy atom. The van der Waals surface area contributed by atoms with Crippen LogP contribution in [0.25, 0.3) is 16.6 Å². The predicted octanol–water partition coefficient (Wildman–Crippen LogP) is 3.86. The molecule has 8 heteroatoms. The molecule has 4 aromatic rings. The van der Waals surface area contributed by atoms with Gasteiger partial charge in [0.15, 0.2) is 5.78 Å². The van der Waals surface area contributed by atoms with E-state index in [1.165, 1.54) is 13.0 Å². The number of carbonyl (C=O) groups is 1. The third-order valence-corrected chi connectivity index (χ3v) is 5.91. The van der Waals surface area contributed by atoms with E-state index in [-0.39, 0.29) is 11.6 Å². The van der Waals surface area contributed by atoms with E-state index < -0.39 is 0 Å². The summed E-state index contributed by atoms with van der Waals surface area (Å²) in [5.41, 5.74) is 4.96. The number of aryl methyl sites for hydroxylation is 3. The zero-order valence-electron chi connectivity index (χ0n) is 18.1. The van der Waals surface area contributed by atoms with Gasteiger partial charge < -0.3 is 4.74 Å². The molecule has 32 heavy (non-hydrogen) atoms. The number of aromatic nitrogens is 5. The maximum absolute atomic E-state index is 14.6. The second-order valence-corrected chi connectivity index (χ2v) is 7.97. The van der Waals surface area contributed by atoms with E-state index in [9.17, 15) is 9.18 Å². The Kier molecular flexibility index (Phi) is 4.92. The van der Waals surface area contributed by atoms with Crippen LogP contribution in [-0.2, 0) is 19.3 Å². The van der Waals surface area contributed by atoms with Crippen molar-refractivity contribution in [3.63, 3.8) is 0 Å². The van der Waals surface area contributed by atoms with Gasteiger partial charge in [-0.3, -0.25) is 9.20 Å². The first-order valence-electron chi connectivity index (χ1n) is 10.5. The summed E-state index contributed by atoms with van der Waals surface area (Å²) >= 11 is 0. The van der Waals surface area contributed by atoms with Crippen molar-refractivity contribution in [2.24, 2.45) is 0 Å². The molecule has 0 unspecified atom stereocenters. The SMILES string of the molecule is CC(=O)c1ncn2c(CCc3c(F)ccc4c3CCO4)ncc(-c3cnc(C)nc3C)c12. The first-order valence-corrected chi connectivity index (χ1v) is 10.5. The summed E-state index contributed by atoms with van der Waals surface area (Å²) in [7, 11) is 0. The van der Waals surface area contributed by atoms with Crippen LogP contribution in [0.15, 0.2) is 30.9 Å². The summed E-state index contributed by atoms with van der Waals surface area (Å²) in [5.74, 6) is 1.76. The molecule has 7 nitrogen and oxygen atoms in total. The predicted molar refractivity (Wildman–Crippen MR) is 116 cm³/mol. The van der Waals surface area contributed by atoms with Gasteiger partial charge in [0.05, 0.1) is 12.1 Å². The van der Waals surface area contributed by atoms with Crippen molar-refractivity contribution in [2.75, 3.05) is 6.61 Å². The summed E-state index contributed by atoms with van der Waals surface area (Å²) in [6, 6.07) is 3.14. The van der Waals surface area contributed by atoms with Gasteiger partial charge in [0.1, 0.15) is 35.2 Å². The number of imidazole rings is 1. The van der Waals surface area contributed by atoms with Gasteiger partial charge in [-0.15, -0.1) is 0 Å². The summed E-state index contributed by atoms with van der Waals surface area (Å²) < 4.78 is 22.0. The summed E-state index contributed by atoms with van der Waals surface area (Å²) in [4.78, 5) is 30.1. The molecule has 162 valence electrons. The van der Waals surface area contributed by atoms with E-state index in [0.29, 0.717) is 54.3 Å². The Labute approximate surface area is 184 Å². The van der Waals surface area contributed by atoms with Crippen LogP contribution >= 0.6 is 0 Å². The van der Waals surface area contributed by atoms with Crippen molar-refractivity contribution < 1.29 is 13.9 Å². The molecule has 0 spiro atoms. The van der Waals surface area contributed by atoms with Crippen LogP contribution in [0.1, 0.15) is 45.9 Å². The minimum atomic E-state index is -0.232. The lowest BCUT2D eigenvalue weighted by Crippen LogP contribution is -2.07. The largest absolute Gasteiger partial charge is 0.493 e. The fourth-order valence-corrected chi connectivity index (χ4v) is 4.37. The molecule has 0 fully saturated rings. The topological polar surface area (TPSA) is 82.3 Å². The summed E-state index contributed by atoms with van der Waals surface area (Å²) in [6.45, 7) is 5.80. The molecular weight excluding hydrogens is 409 g/mol. The summed E-state index contributed by atoms with van der Waals surface area (Å²) in [5, 5.41) is 0. The average Bonchev–Trinajstić information content (AvgIpc) is 3.41. The first-order chi connectivity index (χ1) is 15.4. The van der Waals surface area contributed by atoms with Gasteiger partial charge in [0, 0.05) is 54.5 Å². The third kappa shape index (κ3) is 3.32. The lowest BCUT2D eigenvalue weighted by molar-refractivity contribution is 0.101. The zero-order chi connectivity index (χ0) is 22.4. The average molecular weight is 431 g/mol. The second-order valence-electron chi connectivity index (χ2n) is 7.97. The van der Waals surface area contributed by atoms with E-state index in [4.69, 9.17) is 4.74 Å². The van der Waals surface area contributed by atoms with Crippen LogP contribution in [0, 0.1) is 19.7 Å². The van der Waals surface area contributed by atoms with Gasteiger partial charge in [0.25, 0.3) is 0 Å². The second kappa shape index (κ2) is 7.78. The molecular formula is C24H22FN5O2. The highest BCUT2D eigenvalue weighted by molar-refractivity contribution is 6.03. The van der Waals surface area contributed by atoms with Crippen LogP contribution in [0.5, 0.6) is 5.75 Å². The number of Topliss-reactive ketones (excluding diaryl/α,β-unsaturated/α-hetero) is 1. The molecule has 0 saturated carbocycles. The Bertz CT molecular complexity index is 1380. The third-order valence-electron chi connectivity index (χ3n) is 5.91. The monoisotopic (exact) mass is 431 g/mol. The minimum Gasteiger partial charge on any atom is -0.493 e. The number of nitrogens with zero attached hydrogens (tertiary/aromatic N) is 5.